The van der Waals surface area contributed by atoms with Crippen molar-refractivity contribution < 1.29 is 18.7 Å². The molecule has 1 saturated carbocycles. The Morgan fingerprint density at radius 3 is 2.58 bits per heavy atom. The number of halogens is 2. The van der Waals surface area contributed by atoms with Gasteiger partial charge in [-0.3, -0.25) is 4.79 Å². The molecular formula is C13H9F2NO3. The summed E-state index contributed by atoms with van der Waals surface area (Å²) in [4.78, 5) is 23.0. The van der Waals surface area contributed by atoms with Gasteiger partial charge in [0, 0.05) is 18.3 Å². The van der Waals surface area contributed by atoms with Crippen LogP contribution in [0.3, 0.4) is 0 Å². The molecule has 0 aliphatic heterocycles. The van der Waals surface area contributed by atoms with Crippen LogP contribution in [0.4, 0.5) is 8.78 Å². The Hall–Kier alpha value is -2.24. The predicted octanol–water partition coefficient (Wildman–Crippen LogP) is 2.31. The first-order valence-corrected chi connectivity index (χ1v) is 5.76. The minimum Gasteiger partial charge on any atom is -0.477 e. The van der Waals surface area contributed by atoms with Crippen LogP contribution in [0.15, 0.2) is 23.1 Å². The summed E-state index contributed by atoms with van der Waals surface area (Å²) in [5, 5.41) is 8.62. The second kappa shape index (κ2) is 3.88. The summed E-state index contributed by atoms with van der Waals surface area (Å²) >= 11 is 0. The monoisotopic (exact) mass is 265 g/mol. The van der Waals surface area contributed by atoms with Gasteiger partial charge in [-0.1, -0.05) is 0 Å². The van der Waals surface area contributed by atoms with E-state index in [0.29, 0.717) is 6.07 Å². The Morgan fingerprint density at radius 1 is 1.32 bits per heavy atom. The van der Waals surface area contributed by atoms with Gasteiger partial charge in [-0.25, -0.2) is 13.6 Å². The lowest BCUT2D eigenvalue weighted by Crippen LogP contribution is -2.19. The van der Waals surface area contributed by atoms with Gasteiger partial charge < -0.3 is 9.67 Å². The second-order valence-electron chi connectivity index (χ2n) is 4.60. The highest BCUT2D eigenvalue weighted by atomic mass is 19.1. The molecule has 1 N–H and O–H groups in total. The molecule has 0 saturated heterocycles. The maximum absolute atomic E-state index is 13.8. The highest BCUT2D eigenvalue weighted by molar-refractivity contribution is 5.92. The van der Waals surface area contributed by atoms with Crippen LogP contribution in [-0.4, -0.2) is 15.6 Å². The molecule has 6 heteroatoms. The first kappa shape index (κ1) is 11.8. The van der Waals surface area contributed by atoms with Crippen LogP contribution < -0.4 is 5.43 Å². The lowest BCUT2D eigenvalue weighted by Gasteiger charge is -2.11. The van der Waals surface area contributed by atoms with Gasteiger partial charge in [-0.2, -0.15) is 0 Å². The highest BCUT2D eigenvalue weighted by Gasteiger charge is 2.27. The third-order valence-corrected chi connectivity index (χ3v) is 3.22. The highest BCUT2D eigenvalue weighted by Crippen LogP contribution is 2.37. The first-order valence-electron chi connectivity index (χ1n) is 5.76. The van der Waals surface area contributed by atoms with Crippen molar-refractivity contribution in [3.8, 4) is 0 Å². The van der Waals surface area contributed by atoms with Crippen LogP contribution in [0, 0.1) is 11.6 Å². The van der Waals surface area contributed by atoms with E-state index < -0.39 is 28.6 Å². The average molecular weight is 265 g/mol. The van der Waals surface area contributed by atoms with Crippen LogP contribution in [0.1, 0.15) is 29.2 Å². The summed E-state index contributed by atoms with van der Waals surface area (Å²) in [5.41, 5.74) is -1.31. The minimum atomic E-state index is -1.41. The number of hydrogen-bond donors (Lipinski definition) is 1. The zero-order valence-corrected chi connectivity index (χ0v) is 9.69. The summed E-state index contributed by atoms with van der Waals surface area (Å²) in [5.74, 6) is -3.23. The van der Waals surface area contributed by atoms with E-state index in [2.05, 4.69) is 0 Å². The van der Waals surface area contributed by atoms with Crippen LogP contribution in [-0.2, 0) is 0 Å². The average Bonchev–Trinajstić information content (AvgIpc) is 3.11. The molecule has 2 aromatic rings. The quantitative estimate of drug-likeness (QED) is 0.906. The van der Waals surface area contributed by atoms with E-state index in [1.165, 1.54) is 10.8 Å². The number of carboxylic acids is 1. The standard InChI is InChI=1S/C13H9F2NO3/c14-6-3-9(15)11-10(4-6)16(7-1-2-7)5-8(12(11)17)13(18)19/h3-5,7H,1-2H2,(H,18,19). The number of pyridine rings is 1. The van der Waals surface area contributed by atoms with Gasteiger partial charge in [0.25, 0.3) is 0 Å². The lowest BCUT2D eigenvalue weighted by atomic mass is 10.1. The van der Waals surface area contributed by atoms with E-state index >= 15 is 0 Å². The summed E-state index contributed by atoms with van der Waals surface area (Å²) < 4.78 is 28.5. The number of hydrogen-bond acceptors (Lipinski definition) is 2. The SMILES string of the molecule is O=C(O)c1cn(C2CC2)c2cc(F)cc(F)c2c1=O. The molecule has 0 bridgehead atoms. The molecule has 19 heavy (non-hydrogen) atoms. The van der Waals surface area contributed by atoms with Gasteiger partial charge in [0.1, 0.15) is 17.2 Å². The molecule has 0 atom stereocenters. The Kier molecular flexibility index (Phi) is 2.41. The van der Waals surface area contributed by atoms with Crippen molar-refractivity contribution in [2.45, 2.75) is 18.9 Å². The van der Waals surface area contributed by atoms with Crippen LogP contribution in [0.5, 0.6) is 0 Å². The lowest BCUT2D eigenvalue weighted by molar-refractivity contribution is 0.0695. The Morgan fingerprint density at radius 2 is 2.00 bits per heavy atom. The third-order valence-electron chi connectivity index (χ3n) is 3.22. The number of nitrogens with zero attached hydrogens (tertiary/aromatic N) is 1. The molecule has 1 aromatic carbocycles. The molecule has 1 aromatic heterocycles. The maximum Gasteiger partial charge on any atom is 0.341 e. The first-order chi connectivity index (χ1) is 8.99. The van der Waals surface area contributed by atoms with E-state index in [0.717, 1.165) is 18.9 Å². The van der Waals surface area contributed by atoms with Crippen molar-refractivity contribution in [1.29, 1.82) is 0 Å². The predicted molar refractivity (Wildman–Crippen MR) is 63.4 cm³/mol. The van der Waals surface area contributed by atoms with Gasteiger partial charge in [0.15, 0.2) is 0 Å². The van der Waals surface area contributed by atoms with Crippen LogP contribution in [0.2, 0.25) is 0 Å². The molecule has 0 amide bonds. The fourth-order valence-electron chi connectivity index (χ4n) is 2.20. The summed E-state index contributed by atoms with van der Waals surface area (Å²) in [6, 6.07) is 1.65. The molecule has 3 rings (SSSR count). The van der Waals surface area contributed by atoms with Gasteiger partial charge in [0.05, 0.1) is 10.9 Å². The maximum atomic E-state index is 13.8. The third kappa shape index (κ3) is 1.80. The number of carboxylic acid groups (broad SMARTS) is 1. The molecule has 1 fully saturated rings. The van der Waals surface area contributed by atoms with E-state index in [4.69, 9.17) is 5.11 Å². The molecule has 1 heterocycles. The van der Waals surface area contributed by atoms with Crippen molar-refractivity contribution in [3.63, 3.8) is 0 Å². The largest absolute Gasteiger partial charge is 0.477 e. The zero-order chi connectivity index (χ0) is 13.7. The number of fused-ring (bicyclic) bond motifs is 1. The Balaban J connectivity index is 2.49. The molecule has 1 aliphatic carbocycles. The topological polar surface area (TPSA) is 59.3 Å². The molecule has 0 unspecified atom stereocenters. The van der Waals surface area contributed by atoms with Crippen molar-refractivity contribution in [3.05, 3.63) is 45.8 Å². The molecular weight excluding hydrogens is 256 g/mol. The van der Waals surface area contributed by atoms with Gasteiger partial charge >= 0.3 is 5.97 Å². The van der Waals surface area contributed by atoms with Gasteiger partial charge in [0.2, 0.25) is 5.43 Å². The molecule has 1 aliphatic rings. The van der Waals surface area contributed by atoms with Crippen molar-refractivity contribution in [2.24, 2.45) is 0 Å². The van der Waals surface area contributed by atoms with E-state index in [1.54, 1.807) is 0 Å². The number of aromatic carboxylic acids is 1. The van der Waals surface area contributed by atoms with Crippen LogP contribution in [0.25, 0.3) is 10.9 Å². The summed E-state index contributed by atoms with van der Waals surface area (Å²) in [6.45, 7) is 0. The Labute approximate surface area is 105 Å². The smallest absolute Gasteiger partial charge is 0.341 e. The van der Waals surface area contributed by atoms with Crippen molar-refractivity contribution in [2.75, 3.05) is 0 Å². The molecule has 0 radical (unpaired) electrons. The number of rotatable bonds is 2. The molecule has 0 spiro atoms. The number of benzene rings is 1. The summed E-state index contributed by atoms with van der Waals surface area (Å²) in [7, 11) is 0. The zero-order valence-electron chi connectivity index (χ0n) is 9.69. The number of aromatic nitrogens is 1. The number of carbonyl (C=O) groups is 1. The summed E-state index contributed by atoms with van der Waals surface area (Å²) in [6.07, 6.45) is 2.77. The van der Waals surface area contributed by atoms with E-state index in [9.17, 15) is 18.4 Å². The Bertz CT molecular complexity index is 763. The molecule has 98 valence electrons. The van der Waals surface area contributed by atoms with Gasteiger partial charge in [-0.15, -0.1) is 0 Å². The van der Waals surface area contributed by atoms with Crippen molar-refractivity contribution >= 4 is 16.9 Å². The minimum absolute atomic E-state index is 0.00222. The normalized spacial score (nSPS) is 14.8. The van der Waals surface area contributed by atoms with Crippen molar-refractivity contribution in [1.82, 2.24) is 4.57 Å². The fraction of sp³-hybridized carbons (Fsp3) is 0.231. The second-order valence-corrected chi connectivity index (χ2v) is 4.60. The van der Waals surface area contributed by atoms with E-state index in [1.807, 2.05) is 0 Å². The van der Waals surface area contributed by atoms with Crippen LogP contribution >= 0.6 is 0 Å². The van der Waals surface area contributed by atoms with E-state index in [-0.39, 0.29) is 16.9 Å². The molecule has 4 nitrogen and oxygen atoms in total. The van der Waals surface area contributed by atoms with Gasteiger partial charge in [-0.05, 0) is 18.9 Å². The fourth-order valence-corrected chi connectivity index (χ4v) is 2.20.